The molecule has 0 bridgehead atoms. The summed E-state index contributed by atoms with van der Waals surface area (Å²) in [6.07, 6.45) is 1.79. The van der Waals surface area contributed by atoms with Crippen LogP contribution in [-0.2, 0) is 5.75 Å². The summed E-state index contributed by atoms with van der Waals surface area (Å²) < 4.78 is 6.37. The van der Waals surface area contributed by atoms with Crippen LogP contribution in [-0.4, -0.2) is 4.98 Å². The van der Waals surface area contributed by atoms with E-state index in [4.69, 9.17) is 4.42 Å². The minimum Gasteiger partial charge on any atom is -0.423 e. The maximum absolute atomic E-state index is 11.8. The highest BCUT2D eigenvalue weighted by Crippen LogP contribution is 2.31. The van der Waals surface area contributed by atoms with Gasteiger partial charge in [-0.15, -0.1) is 11.3 Å². The first-order valence-electron chi connectivity index (χ1n) is 6.78. The molecule has 0 saturated heterocycles. The molecule has 0 N–H and O–H groups in total. The summed E-state index contributed by atoms with van der Waals surface area (Å²) in [7, 11) is 0. The summed E-state index contributed by atoms with van der Waals surface area (Å²) in [5.74, 6) is 0.698. The second-order valence-electron chi connectivity index (χ2n) is 4.84. The molecule has 0 spiro atoms. The molecule has 2 aromatic heterocycles. The van der Waals surface area contributed by atoms with Crippen LogP contribution in [0.3, 0.4) is 0 Å². The Morgan fingerprint density at radius 3 is 2.95 bits per heavy atom. The summed E-state index contributed by atoms with van der Waals surface area (Å²) >= 11 is 3.24. The van der Waals surface area contributed by atoms with Gasteiger partial charge >= 0.3 is 5.63 Å². The standard InChI is InChI=1S/C17H11NO2S2/c19-15-9-12(10-22-17-18-7-8-21-17)16-13-4-2-1-3-11(13)5-6-14(16)20-15/h1-9H,10H2. The van der Waals surface area contributed by atoms with Crippen molar-refractivity contribution in [1.82, 2.24) is 4.98 Å². The van der Waals surface area contributed by atoms with Gasteiger partial charge in [0.2, 0.25) is 0 Å². The molecule has 0 unspecified atom stereocenters. The number of hydrogen-bond donors (Lipinski definition) is 0. The molecule has 4 aromatic rings. The Bertz CT molecular complexity index is 1010. The average molecular weight is 325 g/mol. The van der Waals surface area contributed by atoms with E-state index in [2.05, 4.69) is 17.1 Å². The molecule has 5 heteroatoms. The number of hydrogen-bond acceptors (Lipinski definition) is 5. The van der Waals surface area contributed by atoms with Crippen molar-refractivity contribution in [3.8, 4) is 0 Å². The van der Waals surface area contributed by atoms with Crippen LogP contribution in [0.25, 0.3) is 21.7 Å². The molecule has 0 aliphatic heterocycles. The van der Waals surface area contributed by atoms with Crippen LogP contribution >= 0.6 is 23.1 Å². The van der Waals surface area contributed by atoms with Crippen molar-refractivity contribution in [2.45, 2.75) is 10.1 Å². The Morgan fingerprint density at radius 2 is 2.09 bits per heavy atom. The Kier molecular flexibility index (Phi) is 3.44. The van der Waals surface area contributed by atoms with Crippen LogP contribution in [0.4, 0.5) is 0 Å². The average Bonchev–Trinajstić information content (AvgIpc) is 3.05. The van der Waals surface area contributed by atoms with Gasteiger partial charge in [-0.1, -0.05) is 42.1 Å². The quantitative estimate of drug-likeness (QED) is 0.311. The van der Waals surface area contributed by atoms with Crippen molar-refractivity contribution in [1.29, 1.82) is 0 Å². The highest BCUT2D eigenvalue weighted by Gasteiger charge is 2.10. The summed E-state index contributed by atoms with van der Waals surface area (Å²) in [4.78, 5) is 16.1. The summed E-state index contributed by atoms with van der Waals surface area (Å²) in [5.41, 5.74) is 1.32. The van der Waals surface area contributed by atoms with Crippen LogP contribution in [0.2, 0.25) is 0 Å². The third kappa shape index (κ3) is 2.42. The fourth-order valence-electron chi connectivity index (χ4n) is 2.56. The van der Waals surface area contributed by atoms with Gasteiger partial charge in [0.05, 0.1) is 0 Å². The monoisotopic (exact) mass is 325 g/mol. The van der Waals surface area contributed by atoms with Crippen molar-refractivity contribution in [2.24, 2.45) is 0 Å². The lowest BCUT2D eigenvalue weighted by atomic mass is 10.0. The largest absolute Gasteiger partial charge is 0.423 e. The topological polar surface area (TPSA) is 43.1 Å². The molecule has 0 radical (unpaired) electrons. The third-order valence-corrected chi connectivity index (χ3v) is 5.49. The zero-order valence-electron chi connectivity index (χ0n) is 11.5. The van der Waals surface area contributed by atoms with Gasteiger partial charge in [0.1, 0.15) is 9.92 Å². The predicted molar refractivity (Wildman–Crippen MR) is 91.7 cm³/mol. The molecule has 0 fully saturated rings. The molecule has 0 aliphatic rings. The van der Waals surface area contributed by atoms with Gasteiger partial charge in [-0.05, 0) is 22.4 Å². The minimum atomic E-state index is -0.308. The van der Waals surface area contributed by atoms with Gasteiger partial charge in [-0.2, -0.15) is 0 Å². The number of benzene rings is 2. The van der Waals surface area contributed by atoms with E-state index in [1.54, 1.807) is 35.4 Å². The number of fused-ring (bicyclic) bond motifs is 3. The normalized spacial score (nSPS) is 11.3. The zero-order chi connectivity index (χ0) is 14.9. The van der Waals surface area contributed by atoms with Crippen molar-refractivity contribution in [3.05, 3.63) is 70.0 Å². The number of rotatable bonds is 3. The zero-order valence-corrected chi connectivity index (χ0v) is 13.1. The van der Waals surface area contributed by atoms with E-state index in [-0.39, 0.29) is 5.63 Å². The predicted octanol–water partition coefficient (Wildman–Crippen LogP) is 4.70. The molecule has 0 aliphatic carbocycles. The molecule has 0 saturated carbocycles. The van der Waals surface area contributed by atoms with E-state index < -0.39 is 0 Å². The van der Waals surface area contributed by atoms with E-state index in [0.29, 0.717) is 11.3 Å². The lowest BCUT2D eigenvalue weighted by Gasteiger charge is -2.07. The molecule has 0 amide bonds. The minimum absolute atomic E-state index is 0.308. The summed E-state index contributed by atoms with van der Waals surface area (Å²) in [6, 6.07) is 13.6. The summed E-state index contributed by atoms with van der Waals surface area (Å²) in [5, 5.41) is 5.22. The molecule has 2 heterocycles. The van der Waals surface area contributed by atoms with E-state index in [0.717, 1.165) is 26.1 Å². The van der Waals surface area contributed by atoms with Gasteiger partial charge in [0.15, 0.2) is 0 Å². The molecule has 2 aromatic carbocycles. The van der Waals surface area contributed by atoms with Crippen LogP contribution in [0.15, 0.2) is 67.6 Å². The van der Waals surface area contributed by atoms with Crippen LogP contribution in [0, 0.1) is 0 Å². The number of thioether (sulfide) groups is 1. The van der Waals surface area contributed by atoms with Gasteiger partial charge in [0.25, 0.3) is 0 Å². The molecule has 3 nitrogen and oxygen atoms in total. The fourth-order valence-corrected chi connectivity index (χ4v) is 4.17. The lowest BCUT2D eigenvalue weighted by Crippen LogP contribution is -2.00. The second-order valence-corrected chi connectivity index (χ2v) is 6.95. The number of nitrogens with zero attached hydrogens (tertiary/aromatic N) is 1. The molecule has 22 heavy (non-hydrogen) atoms. The van der Waals surface area contributed by atoms with Crippen molar-refractivity contribution >= 4 is 44.8 Å². The number of aromatic nitrogens is 1. The van der Waals surface area contributed by atoms with Crippen LogP contribution in [0.1, 0.15) is 5.56 Å². The first kappa shape index (κ1) is 13.5. The fraction of sp³-hybridized carbons (Fsp3) is 0.0588. The Morgan fingerprint density at radius 1 is 1.18 bits per heavy atom. The Labute approximate surface area is 134 Å². The summed E-state index contributed by atoms with van der Waals surface area (Å²) in [6.45, 7) is 0. The first-order chi connectivity index (χ1) is 10.8. The SMILES string of the molecule is O=c1cc(CSc2nccs2)c2c(ccc3ccccc32)o1. The molecular formula is C17H11NO2S2. The van der Waals surface area contributed by atoms with Gasteiger partial charge in [-0.3, -0.25) is 0 Å². The lowest BCUT2D eigenvalue weighted by molar-refractivity contribution is 0.560. The van der Waals surface area contributed by atoms with E-state index in [1.807, 2.05) is 29.6 Å². The van der Waals surface area contributed by atoms with Crippen molar-refractivity contribution in [2.75, 3.05) is 0 Å². The van der Waals surface area contributed by atoms with Gasteiger partial charge < -0.3 is 4.42 Å². The smallest absolute Gasteiger partial charge is 0.336 e. The first-order valence-corrected chi connectivity index (χ1v) is 8.64. The Hall–Kier alpha value is -2.11. The Balaban J connectivity index is 1.91. The van der Waals surface area contributed by atoms with Gasteiger partial charge in [0, 0.05) is 28.8 Å². The molecule has 108 valence electrons. The number of thiazole rings is 1. The highest BCUT2D eigenvalue weighted by atomic mass is 32.2. The molecule has 4 rings (SSSR count). The van der Waals surface area contributed by atoms with Crippen LogP contribution in [0.5, 0.6) is 0 Å². The van der Waals surface area contributed by atoms with Gasteiger partial charge in [-0.25, -0.2) is 9.78 Å². The van der Waals surface area contributed by atoms with E-state index in [1.165, 1.54) is 0 Å². The molecular weight excluding hydrogens is 314 g/mol. The molecule has 0 atom stereocenters. The third-order valence-electron chi connectivity index (χ3n) is 3.48. The maximum atomic E-state index is 11.8. The second kappa shape index (κ2) is 5.59. The highest BCUT2D eigenvalue weighted by molar-refractivity contribution is 8.00. The van der Waals surface area contributed by atoms with Crippen LogP contribution < -0.4 is 5.63 Å². The van der Waals surface area contributed by atoms with Crippen molar-refractivity contribution < 1.29 is 4.42 Å². The van der Waals surface area contributed by atoms with E-state index in [9.17, 15) is 4.79 Å². The van der Waals surface area contributed by atoms with E-state index >= 15 is 0 Å². The maximum Gasteiger partial charge on any atom is 0.336 e. The van der Waals surface area contributed by atoms with Crippen molar-refractivity contribution in [3.63, 3.8) is 0 Å².